The number of allylic oxidation sites excluding steroid dienone is 2. The van der Waals surface area contributed by atoms with Crippen molar-refractivity contribution in [3.8, 4) is 0 Å². The van der Waals surface area contributed by atoms with Gasteiger partial charge in [-0.2, -0.15) is 0 Å². The molecule has 0 aliphatic rings. The van der Waals surface area contributed by atoms with E-state index in [0.717, 1.165) is 0 Å². The van der Waals surface area contributed by atoms with Crippen LogP contribution in [0.5, 0.6) is 0 Å². The van der Waals surface area contributed by atoms with Gasteiger partial charge in [0.2, 0.25) is 0 Å². The molecule has 2 nitrogen and oxygen atoms in total. The Bertz CT molecular complexity index is 176. The van der Waals surface area contributed by atoms with Crippen molar-refractivity contribution in [1.29, 1.82) is 0 Å². The van der Waals surface area contributed by atoms with Crippen LogP contribution in [0.1, 0.15) is 13.8 Å². The van der Waals surface area contributed by atoms with Gasteiger partial charge in [0, 0.05) is 24.7 Å². The Hall–Kier alpha value is -1.18. The van der Waals surface area contributed by atoms with Crippen molar-refractivity contribution in [2.24, 2.45) is 9.98 Å². The van der Waals surface area contributed by atoms with Gasteiger partial charge in [0.25, 0.3) is 0 Å². The van der Waals surface area contributed by atoms with E-state index in [9.17, 15) is 0 Å². The molecule has 2 heteroatoms. The summed E-state index contributed by atoms with van der Waals surface area (Å²) in [6.45, 7) is 7.55. The highest BCUT2D eigenvalue weighted by molar-refractivity contribution is 6.16. The van der Waals surface area contributed by atoms with E-state index in [1.165, 1.54) is 0 Å². The van der Waals surface area contributed by atoms with Crippen LogP contribution in [-0.4, -0.2) is 18.5 Å². The molecule has 0 unspecified atom stereocenters. The molecule has 0 amide bonds. The van der Waals surface area contributed by atoms with E-state index >= 15 is 0 Å². The fourth-order valence-electron chi connectivity index (χ4n) is 0.409. The molecule has 0 radical (unpaired) electrons. The molecular weight excluding hydrogens is 136 g/mol. The second kappa shape index (κ2) is 6.93. The molecule has 0 aliphatic heterocycles. The zero-order valence-corrected chi connectivity index (χ0v) is 7.07. The molecule has 0 bridgehead atoms. The minimum absolute atomic E-state index is 0.338. The van der Waals surface area contributed by atoms with Gasteiger partial charge >= 0.3 is 0 Å². The van der Waals surface area contributed by atoms with Crippen LogP contribution in [-0.2, 0) is 0 Å². The number of aliphatic imine (C=N–C) groups is 2. The Balaban J connectivity index is 3.59. The Kier molecular flexibility index (Phi) is 6.19. The molecule has 0 fully saturated rings. The topological polar surface area (TPSA) is 24.7 Å². The molecule has 0 aliphatic carbocycles. The second-order valence-electron chi connectivity index (χ2n) is 2.27. The lowest BCUT2D eigenvalue weighted by Gasteiger charge is -1.88. The zero-order chi connectivity index (χ0) is 8.53. The molecule has 0 N–H and O–H groups in total. The van der Waals surface area contributed by atoms with Gasteiger partial charge in [0.1, 0.15) is 0 Å². The first-order valence-electron chi connectivity index (χ1n) is 3.60. The van der Waals surface area contributed by atoms with Crippen LogP contribution in [0.4, 0.5) is 0 Å². The highest BCUT2D eigenvalue weighted by Crippen LogP contribution is 1.81. The molecule has 0 saturated carbocycles. The summed E-state index contributed by atoms with van der Waals surface area (Å²) >= 11 is 0. The van der Waals surface area contributed by atoms with Crippen LogP contribution < -0.4 is 0 Å². The molecule has 0 aromatic carbocycles. The lowest BCUT2D eigenvalue weighted by molar-refractivity contribution is 0.843. The third-order valence-corrected chi connectivity index (χ3v) is 0.845. The molecule has 0 saturated heterocycles. The molecule has 0 spiro atoms. The van der Waals surface area contributed by atoms with Gasteiger partial charge in [0.05, 0.1) is 0 Å². The average molecular weight is 150 g/mol. The van der Waals surface area contributed by atoms with Crippen molar-refractivity contribution < 1.29 is 0 Å². The molecular formula is C9H14N2. The Labute approximate surface area is 68.1 Å². The fraction of sp³-hybridized carbons (Fsp3) is 0.333. The van der Waals surface area contributed by atoms with Crippen molar-refractivity contribution in [2.45, 2.75) is 19.9 Å². The van der Waals surface area contributed by atoms with Crippen molar-refractivity contribution in [1.82, 2.24) is 0 Å². The first-order valence-corrected chi connectivity index (χ1v) is 3.60. The van der Waals surface area contributed by atoms with E-state index < -0.39 is 0 Å². The predicted octanol–water partition coefficient (Wildman–Crippen LogP) is 2.24. The summed E-state index contributed by atoms with van der Waals surface area (Å²) in [5.74, 6) is 0. The SMILES string of the molecule is C=C/C=C/N=CC=NC(C)C. The summed E-state index contributed by atoms with van der Waals surface area (Å²) in [5.41, 5.74) is 0. The standard InChI is InChI=1S/C9H14N2/c1-4-5-6-10-7-8-11-9(2)3/h4-9H,1H2,2-3H3/b6-5+,10-7?,11-8?. The molecule has 0 heterocycles. The van der Waals surface area contributed by atoms with Crippen LogP contribution >= 0.6 is 0 Å². The third-order valence-electron chi connectivity index (χ3n) is 0.845. The number of nitrogens with zero attached hydrogens (tertiary/aromatic N) is 2. The summed E-state index contributed by atoms with van der Waals surface area (Å²) in [7, 11) is 0. The van der Waals surface area contributed by atoms with Gasteiger partial charge in [-0.25, -0.2) is 0 Å². The minimum Gasteiger partial charge on any atom is -0.289 e. The summed E-state index contributed by atoms with van der Waals surface area (Å²) in [5, 5.41) is 0. The number of hydrogen-bond acceptors (Lipinski definition) is 2. The normalized spacial score (nSPS) is 12.6. The van der Waals surface area contributed by atoms with Crippen LogP contribution in [0, 0.1) is 0 Å². The fourth-order valence-corrected chi connectivity index (χ4v) is 0.409. The van der Waals surface area contributed by atoms with Crippen LogP contribution in [0.2, 0.25) is 0 Å². The van der Waals surface area contributed by atoms with Gasteiger partial charge in [-0.3, -0.25) is 9.98 Å². The van der Waals surface area contributed by atoms with Crippen molar-refractivity contribution in [2.75, 3.05) is 0 Å². The maximum absolute atomic E-state index is 4.09. The highest BCUT2D eigenvalue weighted by Gasteiger charge is 1.78. The van der Waals surface area contributed by atoms with Gasteiger partial charge in [-0.05, 0) is 19.9 Å². The summed E-state index contributed by atoms with van der Waals surface area (Å²) < 4.78 is 0. The van der Waals surface area contributed by atoms with E-state index in [1.807, 2.05) is 13.8 Å². The molecule has 60 valence electrons. The maximum Gasteiger partial charge on any atom is 0.0446 e. The van der Waals surface area contributed by atoms with E-state index in [4.69, 9.17) is 0 Å². The molecule has 0 atom stereocenters. The summed E-state index contributed by atoms with van der Waals surface area (Å²) in [6, 6.07) is 0.338. The van der Waals surface area contributed by atoms with Crippen LogP contribution in [0.25, 0.3) is 0 Å². The first kappa shape index (κ1) is 9.82. The number of rotatable bonds is 4. The lowest BCUT2D eigenvalue weighted by atomic mass is 10.4. The number of hydrogen-bond donors (Lipinski definition) is 0. The van der Waals surface area contributed by atoms with Crippen LogP contribution in [0.15, 0.2) is 34.9 Å². The van der Waals surface area contributed by atoms with Crippen LogP contribution in [0.3, 0.4) is 0 Å². The largest absolute Gasteiger partial charge is 0.289 e. The maximum atomic E-state index is 4.09. The third kappa shape index (κ3) is 8.82. The van der Waals surface area contributed by atoms with Gasteiger partial charge < -0.3 is 0 Å². The Morgan fingerprint density at radius 1 is 1.27 bits per heavy atom. The summed E-state index contributed by atoms with van der Waals surface area (Å²) in [6.07, 6.45) is 8.45. The van der Waals surface area contributed by atoms with E-state index in [1.54, 1.807) is 30.8 Å². The second-order valence-corrected chi connectivity index (χ2v) is 2.27. The molecule has 11 heavy (non-hydrogen) atoms. The lowest BCUT2D eigenvalue weighted by Crippen LogP contribution is -1.88. The Morgan fingerprint density at radius 2 is 2.00 bits per heavy atom. The zero-order valence-electron chi connectivity index (χ0n) is 7.07. The predicted molar refractivity (Wildman–Crippen MR) is 51.5 cm³/mol. The van der Waals surface area contributed by atoms with E-state index in [-0.39, 0.29) is 0 Å². The minimum atomic E-state index is 0.338. The van der Waals surface area contributed by atoms with Crippen molar-refractivity contribution in [3.05, 3.63) is 24.9 Å². The average Bonchev–Trinajstić information content (AvgIpc) is 1.96. The molecule has 0 aromatic heterocycles. The smallest absolute Gasteiger partial charge is 0.0446 e. The highest BCUT2D eigenvalue weighted by atomic mass is 14.8. The monoisotopic (exact) mass is 150 g/mol. The van der Waals surface area contributed by atoms with Crippen molar-refractivity contribution >= 4 is 12.4 Å². The van der Waals surface area contributed by atoms with Gasteiger partial charge in [-0.1, -0.05) is 12.7 Å². The van der Waals surface area contributed by atoms with Crippen molar-refractivity contribution in [3.63, 3.8) is 0 Å². The summed E-state index contributed by atoms with van der Waals surface area (Å²) in [4.78, 5) is 8.00. The molecule has 0 aromatic rings. The first-order chi connectivity index (χ1) is 5.27. The van der Waals surface area contributed by atoms with Gasteiger partial charge in [0.15, 0.2) is 0 Å². The van der Waals surface area contributed by atoms with E-state index in [2.05, 4.69) is 16.6 Å². The molecule has 0 rings (SSSR count). The quantitative estimate of drug-likeness (QED) is 0.433. The Morgan fingerprint density at radius 3 is 2.55 bits per heavy atom. The van der Waals surface area contributed by atoms with Gasteiger partial charge in [-0.15, -0.1) is 0 Å². The van der Waals surface area contributed by atoms with E-state index in [0.29, 0.717) is 6.04 Å².